The summed E-state index contributed by atoms with van der Waals surface area (Å²) < 4.78 is 2.28. The molecule has 0 saturated carbocycles. The minimum Gasteiger partial charge on any atom is -0.354 e. The number of fused-ring (bicyclic) bond motifs is 3. The highest BCUT2D eigenvalue weighted by Gasteiger charge is 2.24. The van der Waals surface area contributed by atoms with Crippen LogP contribution in [-0.2, 0) is 0 Å². The Morgan fingerprint density at radius 1 is 1.20 bits per heavy atom. The van der Waals surface area contributed by atoms with Crippen LogP contribution < -0.4 is 4.90 Å². The molecule has 0 aromatic carbocycles. The molecule has 1 aliphatic rings. The van der Waals surface area contributed by atoms with Crippen molar-refractivity contribution in [2.45, 2.75) is 18.9 Å². The second-order valence-corrected chi connectivity index (χ2v) is 6.71. The number of pyridine rings is 1. The molecule has 1 fully saturated rings. The van der Waals surface area contributed by atoms with Crippen LogP contribution in [0.2, 0.25) is 5.15 Å². The van der Waals surface area contributed by atoms with Crippen molar-refractivity contribution in [2.24, 2.45) is 0 Å². The van der Waals surface area contributed by atoms with Gasteiger partial charge in [-0.05, 0) is 18.9 Å². The molecular formula is C17H16ClN7. The Labute approximate surface area is 148 Å². The zero-order chi connectivity index (χ0) is 16.8. The number of nitrogens with one attached hydrogen (secondary N) is 1. The van der Waals surface area contributed by atoms with E-state index in [9.17, 15) is 0 Å². The molecule has 0 aliphatic carbocycles. The Balaban J connectivity index is 1.55. The van der Waals surface area contributed by atoms with Gasteiger partial charge >= 0.3 is 0 Å². The van der Waals surface area contributed by atoms with Crippen LogP contribution in [0.5, 0.6) is 0 Å². The highest BCUT2D eigenvalue weighted by Crippen LogP contribution is 2.30. The van der Waals surface area contributed by atoms with Crippen molar-refractivity contribution in [1.82, 2.24) is 29.5 Å². The summed E-state index contributed by atoms with van der Waals surface area (Å²) in [5.41, 5.74) is 2.96. The molecule has 1 saturated heterocycles. The van der Waals surface area contributed by atoms with Gasteiger partial charge < -0.3 is 14.5 Å². The first kappa shape index (κ1) is 14.7. The maximum Gasteiger partial charge on any atom is 0.139 e. The lowest BCUT2D eigenvalue weighted by Crippen LogP contribution is -2.37. The molecule has 0 bridgehead atoms. The zero-order valence-electron chi connectivity index (χ0n) is 13.4. The van der Waals surface area contributed by atoms with Crippen molar-refractivity contribution in [3.8, 4) is 0 Å². The van der Waals surface area contributed by atoms with Crippen LogP contribution in [-0.4, -0.2) is 42.6 Å². The molecule has 1 aliphatic heterocycles. The number of H-pyrrole nitrogens is 1. The minimum atomic E-state index is 0.327. The average Bonchev–Trinajstić information content (AvgIpc) is 3.28. The van der Waals surface area contributed by atoms with E-state index in [1.165, 1.54) is 6.33 Å². The molecule has 5 heterocycles. The Morgan fingerprint density at radius 3 is 3.08 bits per heavy atom. The van der Waals surface area contributed by atoms with Gasteiger partial charge in [-0.2, -0.15) is 0 Å². The fourth-order valence-corrected chi connectivity index (χ4v) is 3.84. The quantitative estimate of drug-likeness (QED) is 0.560. The summed E-state index contributed by atoms with van der Waals surface area (Å²) in [6.45, 7) is 1.84. The highest BCUT2D eigenvalue weighted by molar-refractivity contribution is 6.29. The van der Waals surface area contributed by atoms with Crippen LogP contribution in [0.15, 0.2) is 37.2 Å². The first-order chi connectivity index (χ1) is 12.3. The predicted octanol–water partition coefficient (Wildman–Crippen LogP) is 3.20. The van der Waals surface area contributed by atoms with Crippen LogP contribution in [0.25, 0.3) is 22.1 Å². The van der Waals surface area contributed by atoms with E-state index in [-0.39, 0.29) is 0 Å². The molecule has 4 aromatic rings. The lowest BCUT2D eigenvalue weighted by atomic mass is 10.1. The number of rotatable bonds is 2. The molecule has 0 unspecified atom stereocenters. The number of imidazole rings is 1. The largest absolute Gasteiger partial charge is 0.354 e. The van der Waals surface area contributed by atoms with Crippen LogP contribution in [0.4, 0.5) is 5.82 Å². The second-order valence-electron chi connectivity index (χ2n) is 6.32. The van der Waals surface area contributed by atoms with Gasteiger partial charge in [0.25, 0.3) is 0 Å². The number of anilines is 1. The van der Waals surface area contributed by atoms with E-state index in [0.29, 0.717) is 11.2 Å². The Hall–Kier alpha value is -2.67. The molecule has 126 valence electrons. The number of hydrogen-bond acceptors (Lipinski definition) is 5. The molecule has 0 amide bonds. The summed E-state index contributed by atoms with van der Waals surface area (Å²) in [4.78, 5) is 22.8. The zero-order valence-corrected chi connectivity index (χ0v) is 14.2. The van der Waals surface area contributed by atoms with Crippen LogP contribution in [0.1, 0.15) is 18.9 Å². The van der Waals surface area contributed by atoms with Crippen molar-refractivity contribution >= 4 is 39.5 Å². The fraction of sp³-hybridized carbons (Fsp3) is 0.294. The van der Waals surface area contributed by atoms with Crippen LogP contribution in [0, 0.1) is 0 Å². The van der Waals surface area contributed by atoms with E-state index in [2.05, 4.69) is 40.5 Å². The van der Waals surface area contributed by atoms with Crippen molar-refractivity contribution < 1.29 is 0 Å². The standard InChI is InChI=1S/C17H16ClN7/c18-14-6-15(22-9-21-14)24-5-1-2-11(8-24)25-10-23-13-7-20-17-12(16(13)25)3-4-19-17/h3-4,6-7,9-11H,1-2,5,8H2,(H,19,20)/t11-/m1/s1. The summed E-state index contributed by atoms with van der Waals surface area (Å²) >= 11 is 6.03. The summed E-state index contributed by atoms with van der Waals surface area (Å²) in [6.07, 6.45) is 9.39. The van der Waals surface area contributed by atoms with Gasteiger partial charge in [0.2, 0.25) is 0 Å². The topological polar surface area (TPSA) is 75.5 Å². The van der Waals surface area contributed by atoms with Gasteiger partial charge in [0.1, 0.15) is 28.5 Å². The van der Waals surface area contributed by atoms with Gasteiger partial charge in [0.05, 0.1) is 24.1 Å². The molecule has 4 aromatic heterocycles. The lowest BCUT2D eigenvalue weighted by Gasteiger charge is -2.34. The van der Waals surface area contributed by atoms with E-state index >= 15 is 0 Å². The third-order valence-electron chi connectivity index (χ3n) is 4.85. The molecular weight excluding hydrogens is 338 g/mol. The number of piperidine rings is 1. The average molecular weight is 354 g/mol. The number of aromatic nitrogens is 6. The summed E-state index contributed by atoms with van der Waals surface area (Å²) in [7, 11) is 0. The van der Waals surface area contributed by atoms with Crippen LogP contribution in [0.3, 0.4) is 0 Å². The number of nitrogens with zero attached hydrogens (tertiary/aromatic N) is 6. The van der Waals surface area contributed by atoms with Crippen molar-refractivity contribution in [3.05, 3.63) is 42.3 Å². The maximum atomic E-state index is 6.03. The van der Waals surface area contributed by atoms with Gasteiger partial charge in [-0.1, -0.05) is 11.6 Å². The number of halogens is 1. The molecule has 1 atom stereocenters. The van der Waals surface area contributed by atoms with E-state index in [1.54, 1.807) is 0 Å². The molecule has 0 radical (unpaired) electrons. The third-order valence-corrected chi connectivity index (χ3v) is 5.06. The number of hydrogen-bond donors (Lipinski definition) is 1. The maximum absolute atomic E-state index is 6.03. The Morgan fingerprint density at radius 2 is 2.16 bits per heavy atom. The van der Waals surface area contributed by atoms with E-state index in [0.717, 1.165) is 53.8 Å². The lowest BCUT2D eigenvalue weighted by molar-refractivity contribution is 0.411. The molecule has 8 heteroatoms. The Kier molecular flexibility index (Phi) is 3.34. The van der Waals surface area contributed by atoms with Crippen molar-refractivity contribution in [2.75, 3.05) is 18.0 Å². The first-order valence-electron chi connectivity index (χ1n) is 8.31. The van der Waals surface area contributed by atoms with E-state index in [4.69, 9.17) is 11.6 Å². The fourth-order valence-electron chi connectivity index (χ4n) is 3.70. The molecule has 5 rings (SSSR count). The van der Waals surface area contributed by atoms with Gasteiger partial charge in [0.15, 0.2) is 0 Å². The van der Waals surface area contributed by atoms with Crippen molar-refractivity contribution in [1.29, 1.82) is 0 Å². The minimum absolute atomic E-state index is 0.327. The molecule has 25 heavy (non-hydrogen) atoms. The number of aromatic amines is 1. The molecule has 1 N–H and O–H groups in total. The molecule has 7 nitrogen and oxygen atoms in total. The second kappa shape index (κ2) is 5.70. The van der Waals surface area contributed by atoms with Gasteiger partial charge in [-0.25, -0.2) is 19.9 Å². The monoisotopic (exact) mass is 353 g/mol. The van der Waals surface area contributed by atoms with E-state index in [1.807, 2.05) is 24.8 Å². The van der Waals surface area contributed by atoms with Gasteiger partial charge in [-0.15, -0.1) is 0 Å². The van der Waals surface area contributed by atoms with E-state index < -0.39 is 0 Å². The Bertz CT molecular complexity index is 1050. The van der Waals surface area contributed by atoms with Gasteiger partial charge in [0, 0.05) is 30.7 Å². The molecule has 0 spiro atoms. The van der Waals surface area contributed by atoms with Crippen LogP contribution >= 0.6 is 11.6 Å². The summed E-state index contributed by atoms with van der Waals surface area (Å²) in [5.74, 6) is 0.877. The normalized spacial score (nSPS) is 18.3. The predicted molar refractivity (Wildman–Crippen MR) is 96.9 cm³/mol. The highest BCUT2D eigenvalue weighted by atomic mass is 35.5. The smallest absolute Gasteiger partial charge is 0.139 e. The van der Waals surface area contributed by atoms with Gasteiger partial charge in [-0.3, -0.25) is 0 Å². The first-order valence-corrected chi connectivity index (χ1v) is 8.68. The third kappa shape index (κ3) is 2.42. The summed E-state index contributed by atoms with van der Waals surface area (Å²) in [6, 6.07) is 4.21. The van der Waals surface area contributed by atoms with Crippen molar-refractivity contribution in [3.63, 3.8) is 0 Å². The summed E-state index contributed by atoms with van der Waals surface area (Å²) in [5, 5.41) is 1.58. The SMILES string of the molecule is Clc1cc(N2CCC[C@@H](n3cnc4cnc5[nH]ccc5c43)C2)ncn1.